The van der Waals surface area contributed by atoms with Crippen molar-refractivity contribution in [1.82, 2.24) is 4.90 Å². The molecular weight excluding hydrogens is 302 g/mol. The Morgan fingerprint density at radius 3 is 2.54 bits per heavy atom. The predicted octanol–water partition coefficient (Wildman–Crippen LogP) is 3.82. The highest BCUT2D eigenvalue weighted by atomic mass is 16.5. The van der Waals surface area contributed by atoms with Crippen molar-refractivity contribution >= 4 is 5.91 Å². The first-order valence-corrected chi connectivity index (χ1v) is 8.21. The molecule has 4 heteroatoms. The second kappa shape index (κ2) is 6.95. The lowest BCUT2D eigenvalue weighted by Gasteiger charge is -2.24. The van der Waals surface area contributed by atoms with Crippen LogP contribution in [0.25, 0.3) is 0 Å². The van der Waals surface area contributed by atoms with Crippen LogP contribution in [0.5, 0.6) is 11.5 Å². The van der Waals surface area contributed by atoms with Crippen LogP contribution in [-0.4, -0.2) is 31.1 Å². The molecule has 2 aromatic rings. The second-order valence-corrected chi connectivity index (χ2v) is 6.21. The van der Waals surface area contributed by atoms with E-state index in [0.717, 1.165) is 41.0 Å². The van der Waals surface area contributed by atoms with Gasteiger partial charge in [-0.3, -0.25) is 4.79 Å². The van der Waals surface area contributed by atoms with E-state index in [1.165, 1.54) is 0 Å². The lowest BCUT2D eigenvalue weighted by atomic mass is 10.1. The van der Waals surface area contributed by atoms with Gasteiger partial charge in [-0.2, -0.15) is 0 Å². The lowest BCUT2D eigenvalue weighted by Crippen LogP contribution is -2.32. The quantitative estimate of drug-likeness (QED) is 0.810. The molecule has 0 bridgehead atoms. The maximum atomic E-state index is 13.0. The van der Waals surface area contributed by atoms with Gasteiger partial charge in [-0.1, -0.05) is 17.7 Å². The monoisotopic (exact) mass is 325 g/mol. The van der Waals surface area contributed by atoms with E-state index >= 15 is 0 Å². The Labute approximate surface area is 143 Å². The first kappa shape index (κ1) is 16.4. The van der Waals surface area contributed by atoms with E-state index in [-0.39, 0.29) is 5.91 Å². The highest BCUT2D eigenvalue weighted by molar-refractivity contribution is 5.94. The van der Waals surface area contributed by atoms with Crippen LogP contribution in [0.3, 0.4) is 0 Å². The summed E-state index contributed by atoms with van der Waals surface area (Å²) in [6, 6.07) is 13.8. The molecule has 4 nitrogen and oxygen atoms in total. The number of rotatable bonds is 6. The minimum Gasteiger partial charge on any atom is -0.497 e. The van der Waals surface area contributed by atoms with Gasteiger partial charge in [0.1, 0.15) is 11.5 Å². The van der Waals surface area contributed by atoms with Crippen LogP contribution in [0.1, 0.15) is 34.3 Å². The summed E-state index contributed by atoms with van der Waals surface area (Å²) in [5.41, 5.74) is 2.80. The zero-order chi connectivity index (χ0) is 17.1. The third kappa shape index (κ3) is 3.53. The van der Waals surface area contributed by atoms with Gasteiger partial charge in [0.25, 0.3) is 5.91 Å². The van der Waals surface area contributed by atoms with Crippen molar-refractivity contribution in [2.24, 2.45) is 0 Å². The molecule has 0 saturated heterocycles. The van der Waals surface area contributed by atoms with Crippen LogP contribution in [0.4, 0.5) is 0 Å². The third-order valence-electron chi connectivity index (χ3n) is 4.34. The Balaban J connectivity index is 1.88. The number of hydrogen-bond donors (Lipinski definition) is 0. The highest BCUT2D eigenvalue weighted by Gasteiger charge is 2.33. The van der Waals surface area contributed by atoms with Crippen molar-refractivity contribution in [3.05, 3.63) is 59.2 Å². The summed E-state index contributed by atoms with van der Waals surface area (Å²) < 4.78 is 10.8. The first-order chi connectivity index (χ1) is 11.6. The summed E-state index contributed by atoms with van der Waals surface area (Å²) in [7, 11) is 3.29. The van der Waals surface area contributed by atoms with Gasteiger partial charge in [0.2, 0.25) is 0 Å². The van der Waals surface area contributed by atoms with E-state index in [4.69, 9.17) is 9.47 Å². The molecule has 1 amide bonds. The smallest absolute Gasteiger partial charge is 0.254 e. The molecule has 0 atom stereocenters. The van der Waals surface area contributed by atoms with E-state index in [0.29, 0.717) is 12.6 Å². The van der Waals surface area contributed by atoms with Gasteiger partial charge >= 0.3 is 0 Å². The summed E-state index contributed by atoms with van der Waals surface area (Å²) in [4.78, 5) is 14.9. The van der Waals surface area contributed by atoms with Gasteiger partial charge < -0.3 is 14.4 Å². The summed E-state index contributed by atoms with van der Waals surface area (Å²) in [5.74, 6) is 1.62. The van der Waals surface area contributed by atoms with E-state index in [9.17, 15) is 4.79 Å². The highest BCUT2D eigenvalue weighted by Crippen LogP contribution is 2.33. The molecule has 0 radical (unpaired) electrons. The Kier molecular flexibility index (Phi) is 4.74. The Hall–Kier alpha value is -2.49. The molecule has 0 N–H and O–H groups in total. The van der Waals surface area contributed by atoms with Gasteiger partial charge in [-0.15, -0.1) is 0 Å². The molecule has 1 fully saturated rings. The second-order valence-electron chi connectivity index (χ2n) is 6.21. The number of carbonyl (C=O) groups excluding carboxylic acids is 1. The van der Waals surface area contributed by atoms with Crippen molar-refractivity contribution in [1.29, 1.82) is 0 Å². The normalized spacial score (nSPS) is 13.5. The topological polar surface area (TPSA) is 38.8 Å². The van der Waals surface area contributed by atoms with Crippen molar-refractivity contribution in [2.75, 3.05) is 14.2 Å². The fourth-order valence-electron chi connectivity index (χ4n) is 2.89. The fourth-order valence-corrected chi connectivity index (χ4v) is 2.89. The van der Waals surface area contributed by atoms with Crippen molar-refractivity contribution in [2.45, 2.75) is 32.4 Å². The number of carbonyl (C=O) groups is 1. The molecule has 1 aliphatic carbocycles. The molecule has 0 aromatic heterocycles. The van der Waals surface area contributed by atoms with Crippen LogP contribution < -0.4 is 9.47 Å². The van der Waals surface area contributed by atoms with Gasteiger partial charge in [-0.05, 0) is 50.1 Å². The number of amides is 1. The maximum Gasteiger partial charge on any atom is 0.254 e. The van der Waals surface area contributed by atoms with Crippen molar-refractivity contribution < 1.29 is 14.3 Å². The number of methoxy groups -OCH3 is 2. The zero-order valence-electron chi connectivity index (χ0n) is 14.4. The van der Waals surface area contributed by atoms with Crippen LogP contribution >= 0.6 is 0 Å². The van der Waals surface area contributed by atoms with Crippen LogP contribution in [-0.2, 0) is 6.54 Å². The molecule has 126 valence electrons. The molecule has 2 aromatic carbocycles. The van der Waals surface area contributed by atoms with Crippen LogP contribution in [0.2, 0.25) is 0 Å². The molecule has 0 aliphatic heterocycles. The Morgan fingerprint density at radius 2 is 1.92 bits per heavy atom. The van der Waals surface area contributed by atoms with Crippen LogP contribution in [0, 0.1) is 6.92 Å². The maximum absolute atomic E-state index is 13.0. The van der Waals surface area contributed by atoms with E-state index < -0.39 is 0 Å². The van der Waals surface area contributed by atoms with Crippen LogP contribution in [0.15, 0.2) is 42.5 Å². The van der Waals surface area contributed by atoms with Gasteiger partial charge in [0.05, 0.1) is 20.8 Å². The van der Waals surface area contributed by atoms with E-state index in [2.05, 4.69) is 0 Å². The number of aryl methyl sites for hydroxylation is 1. The number of hydrogen-bond acceptors (Lipinski definition) is 3. The molecule has 0 unspecified atom stereocenters. The molecular formula is C20H23NO3. The number of nitrogens with zero attached hydrogens (tertiary/aromatic N) is 1. The van der Waals surface area contributed by atoms with E-state index in [1.807, 2.05) is 54.3 Å². The molecule has 24 heavy (non-hydrogen) atoms. The minimum atomic E-state index is 0.0751. The summed E-state index contributed by atoms with van der Waals surface area (Å²) in [5, 5.41) is 0. The molecule has 0 spiro atoms. The Bertz CT molecular complexity index is 737. The number of benzene rings is 2. The average Bonchev–Trinajstić information content (AvgIpc) is 3.43. The zero-order valence-corrected chi connectivity index (χ0v) is 14.4. The standard InChI is InChI=1S/C20H23NO3/c1-14-5-4-6-15(11-14)20(22)21(17-7-8-17)13-16-12-18(23-2)9-10-19(16)24-3/h4-6,9-12,17H,7-8,13H2,1-3H3. The average molecular weight is 325 g/mol. The van der Waals surface area contributed by atoms with Gasteiger partial charge in [-0.25, -0.2) is 0 Å². The fraction of sp³-hybridized carbons (Fsp3) is 0.350. The summed E-state index contributed by atoms with van der Waals surface area (Å²) in [6.45, 7) is 2.53. The van der Waals surface area contributed by atoms with E-state index in [1.54, 1.807) is 14.2 Å². The molecule has 0 heterocycles. The van der Waals surface area contributed by atoms with Gasteiger partial charge in [0.15, 0.2) is 0 Å². The number of ether oxygens (including phenoxy) is 2. The van der Waals surface area contributed by atoms with Crippen molar-refractivity contribution in [3.8, 4) is 11.5 Å². The first-order valence-electron chi connectivity index (χ1n) is 8.21. The molecule has 1 aliphatic rings. The summed E-state index contributed by atoms with van der Waals surface area (Å²) in [6.07, 6.45) is 2.12. The molecule has 1 saturated carbocycles. The lowest BCUT2D eigenvalue weighted by molar-refractivity contribution is 0.0728. The summed E-state index contributed by atoms with van der Waals surface area (Å²) >= 11 is 0. The van der Waals surface area contributed by atoms with Crippen molar-refractivity contribution in [3.63, 3.8) is 0 Å². The Morgan fingerprint density at radius 1 is 1.12 bits per heavy atom. The SMILES string of the molecule is COc1ccc(OC)c(CN(C(=O)c2cccc(C)c2)C2CC2)c1. The third-order valence-corrected chi connectivity index (χ3v) is 4.34. The van der Waals surface area contributed by atoms with Gasteiger partial charge in [0, 0.05) is 17.2 Å². The predicted molar refractivity (Wildman–Crippen MR) is 93.6 cm³/mol. The molecule has 3 rings (SSSR count). The minimum absolute atomic E-state index is 0.0751. The largest absolute Gasteiger partial charge is 0.497 e.